The van der Waals surface area contributed by atoms with Crippen molar-refractivity contribution in [1.29, 1.82) is 5.26 Å². The number of nitrogens with two attached hydrogens (primary N) is 1. The van der Waals surface area contributed by atoms with Crippen molar-refractivity contribution in [3.8, 4) is 17.7 Å². The lowest BCUT2D eigenvalue weighted by Gasteiger charge is -2.08. The molecule has 0 bridgehead atoms. The predicted molar refractivity (Wildman–Crippen MR) is 68.6 cm³/mol. The Hall–Kier alpha value is -2.19. The maximum atomic E-state index is 9.07. The molecule has 2 rings (SSSR count). The van der Waals surface area contributed by atoms with Crippen molar-refractivity contribution >= 4 is 17.3 Å². The third-order valence-electron chi connectivity index (χ3n) is 2.46. The van der Waals surface area contributed by atoms with Gasteiger partial charge >= 0.3 is 0 Å². The van der Waals surface area contributed by atoms with Crippen LogP contribution in [-0.4, -0.2) is 9.78 Å². The van der Waals surface area contributed by atoms with Crippen molar-refractivity contribution in [2.24, 2.45) is 7.05 Å². The van der Waals surface area contributed by atoms with E-state index in [0.29, 0.717) is 33.6 Å². The minimum absolute atomic E-state index is 0.351. The molecule has 18 heavy (non-hydrogen) atoms. The molecule has 0 amide bonds. The van der Waals surface area contributed by atoms with Gasteiger partial charge in [0.15, 0.2) is 5.75 Å². The van der Waals surface area contributed by atoms with Gasteiger partial charge in [-0.05, 0) is 19.1 Å². The Morgan fingerprint density at radius 1 is 1.50 bits per heavy atom. The van der Waals surface area contributed by atoms with E-state index in [2.05, 4.69) is 11.2 Å². The zero-order valence-electron chi connectivity index (χ0n) is 9.94. The summed E-state index contributed by atoms with van der Waals surface area (Å²) in [6, 6.07) is 6.97. The summed E-state index contributed by atoms with van der Waals surface area (Å²) in [7, 11) is 1.70. The first-order valence-corrected chi connectivity index (χ1v) is 5.57. The lowest BCUT2D eigenvalue weighted by molar-refractivity contribution is 0.431. The summed E-state index contributed by atoms with van der Waals surface area (Å²) in [5.74, 6) is 0.756. The fraction of sp³-hybridized carbons (Fsp3) is 0.167. The molecule has 0 saturated carbocycles. The molecule has 1 heterocycles. The molecule has 92 valence electrons. The van der Waals surface area contributed by atoms with Gasteiger partial charge in [0, 0.05) is 18.1 Å². The summed E-state index contributed by atoms with van der Waals surface area (Å²) in [5.41, 5.74) is 7.23. The second kappa shape index (κ2) is 4.59. The highest BCUT2D eigenvalue weighted by Gasteiger charge is 2.16. The summed E-state index contributed by atoms with van der Waals surface area (Å²) < 4.78 is 7.13. The molecule has 0 atom stereocenters. The summed E-state index contributed by atoms with van der Waals surface area (Å²) in [4.78, 5) is 0. The lowest BCUT2D eigenvalue weighted by atomic mass is 10.2. The van der Waals surface area contributed by atoms with Crippen molar-refractivity contribution in [2.75, 3.05) is 5.73 Å². The van der Waals surface area contributed by atoms with Crippen LogP contribution >= 0.6 is 11.6 Å². The molecule has 0 fully saturated rings. The van der Waals surface area contributed by atoms with E-state index in [4.69, 9.17) is 27.3 Å². The van der Waals surface area contributed by atoms with Crippen molar-refractivity contribution in [2.45, 2.75) is 6.92 Å². The Morgan fingerprint density at radius 2 is 2.22 bits per heavy atom. The van der Waals surface area contributed by atoms with E-state index in [0.717, 1.165) is 0 Å². The number of aromatic nitrogens is 2. The van der Waals surface area contributed by atoms with Gasteiger partial charge in [0.25, 0.3) is 0 Å². The van der Waals surface area contributed by atoms with Gasteiger partial charge in [-0.3, -0.25) is 0 Å². The number of ether oxygens (including phenoxy) is 1. The average Bonchev–Trinajstić information content (AvgIpc) is 2.58. The number of benzene rings is 1. The first-order valence-electron chi connectivity index (χ1n) is 5.19. The number of aryl methyl sites for hydroxylation is 2. The van der Waals surface area contributed by atoms with E-state index >= 15 is 0 Å². The number of halogens is 1. The molecule has 5 nitrogen and oxygen atoms in total. The summed E-state index contributed by atoms with van der Waals surface area (Å²) in [6.07, 6.45) is 0. The van der Waals surface area contributed by atoms with Crippen LogP contribution in [0.2, 0.25) is 5.02 Å². The number of hydrogen-bond donors (Lipinski definition) is 1. The molecular formula is C12H11ClN4O. The van der Waals surface area contributed by atoms with Gasteiger partial charge in [-0.15, -0.1) is 0 Å². The van der Waals surface area contributed by atoms with Crippen LogP contribution in [0.3, 0.4) is 0 Å². The van der Waals surface area contributed by atoms with E-state index in [9.17, 15) is 0 Å². The Labute approximate surface area is 109 Å². The van der Waals surface area contributed by atoms with Crippen LogP contribution in [0.5, 0.6) is 11.6 Å². The van der Waals surface area contributed by atoms with E-state index in [1.807, 2.05) is 0 Å². The van der Waals surface area contributed by atoms with Crippen molar-refractivity contribution < 1.29 is 4.74 Å². The molecule has 0 aliphatic carbocycles. The first kappa shape index (κ1) is 12.3. The first-order chi connectivity index (χ1) is 8.52. The van der Waals surface area contributed by atoms with E-state index < -0.39 is 0 Å². The molecule has 0 spiro atoms. The number of rotatable bonds is 2. The quantitative estimate of drug-likeness (QED) is 0.844. The van der Waals surface area contributed by atoms with Gasteiger partial charge in [0.1, 0.15) is 11.6 Å². The van der Waals surface area contributed by atoms with Gasteiger partial charge < -0.3 is 10.5 Å². The minimum Gasteiger partial charge on any atom is -0.436 e. The monoisotopic (exact) mass is 262 g/mol. The van der Waals surface area contributed by atoms with Crippen molar-refractivity contribution in [3.63, 3.8) is 0 Å². The maximum Gasteiger partial charge on any atom is 0.235 e. The Bertz CT molecular complexity index is 642. The normalized spacial score (nSPS) is 10.1. The van der Waals surface area contributed by atoms with E-state index in [1.54, 1.807) is 32.2 Å². The number of hydrogen-bond acceptors (Lipinski definition) is 4. The molecule has 2 aromatic rings. The fourth-order valence-electron chi connectivity index (χ4n) is 1.58. The molecule has 0 unspecified atom stereocenters. The summed E-state index contributed by atoms with van der Waals surface area (Å²) in [5, 5.41) is 13.7. The van der Waals surface area contributed by atoms with E-state index in [1.165, 1.54) is 4.68 Å². The third-order valence-corrected chi connectivity index (χ3v) is 2.70. The Kier molecular flexibility index (Phi) is 3.13. The van der Waals surface area contributed by atoms with Crippen LogP contribution in [0, 0.1) is 18.3 Å². The third kappa shape index (κ3) is 2.11. The van der Waals surface area contributed by atoms with Crippen LogP contribution in [0.15, 0.2) is 18.2 Å². The minimum atomic E-state index is 0.351. The molecule has 1 aromatic carbocycles. The molecule has 6 heteroatoms. The average molecular weight is 263 g/mol. The zero-order chi connectivity index (χ0) is 13.3. The summed E-state index contributed by atoms with van der Waals surface area (Å²) >= 11 is 5.88. The highest BCUT2D eigenvalue weighted by Crippen LogP contribution is 2.32. The van der Waals surface area contributed by atoms with Crippen molar-refractivity contribution in [3.05, 3.63) is 34.5 Å². The number of nitriles is 1. The largest absolute Gasteiger partial charge is 0.436 e. The number of nitrogens with zero attached hydrogens (tertiary/aromatic N) is 3. The van der Waals surface area contributed by atoms with E-state index in [-0.39, 0.29) is 0 Å². The Balaban J connectivity index is 2.46. The smallest absolute Gasteiger partial charge is 0.235 e. The molecular weight excluding hydrogens is 252 g/mol. The standard InChI is InChI=1S/C12H11ClN4O/c1-7-9(6-14)12(17(2)16-7)18-11-5-8(13)3-4-10(11)15/h3-5H,15H2,1-2H3. The highest BCUT2D eigenvalue weighted by atomic mass is 35.5. The predicted octanol–water partition coefficient (Wildman–Crippen LogP) is 2.63. The SMILES string of the molecule is Cc1nn(C)c(Oc2cc(Cl)ccc2N)c1C#N. The van der Waals surface area contributed by atoms with Crippen molar-refractivity contribution in [1.82, 2.24) is 9.78 Å². The molecule has 0 aliphatic rings. The van der Waals surface area contributed by atoms with Gasteiger partial charge in [-0.1, -0.05) is 11.6 Å². The summed E-state index contributed by atoms with van der Waals surface area (Å²) in [6.45, 7) is 1.74. The van der Waals surface area contributed by atoms with Crippen LogP contribution in [0.1, 0.15) is 11.3 Å². The molecule has 0 saturated heterocycles. The molecule has 2 N–H and O–H groups in total. The highest BCUT2D eigenvalue weighted by molar-refractivity contribution is 6.30. The van der Waals surface area contributed by atoms with Crippen LogP contribution < -0.4 is 10.5 Å². The van der Waals surface area contributed by atoms with Gasteiger partial charge in [0.05, 0.1) is 11.4 Å². The van der Waals surface area contributed by atoms with Gasteiger partial charge in [0.2, 0.25) is 5.88 Å². The number of nitrogen functional groups attached to an aromatic ring is 1. The van der Waals surface area contributed by atoms with Gasteiger partial charge in [-0.25, -0.2) is 4.68 Å². The fourth-order valence-corrected chi connectivity index (χ4v) is 1.75. The van der Waals surface area contributed by atoms with Crippen LogP contribution in [-0.2, 0) is 7.05 Å². The molecule has 1 aromatic heterocycles. The molecule has 0 radical (unpaired) electrons. The Morgan fingerprint density at radius 3 is 2.89 bits per heavy atom. The molecule has 0 aliphatic heterocycles. The second-order valence-electron chi connectivity index (χ2n) is 3.79. The van der Waals surface area contributed by atoms with Crippen LogP contribution in [0.25, 0.3) is 0 Å². The lowest BCUT2D eigenvalue weighted by Crippen LogP contribution is -1.98. The zero-order valence-corrected chi connectivity index (χ0v) is 10.7. The van der Waals surface area contributed by atoms with Gasteiger partial charge in [-0.2, -0.15) is 10.4 Å². The van der Waals surface area contributed by atoms with Crippen LogP contribution in [0.4, 0.5) is 5.69 Å². The topological polar surface area (TPSA) is 76.9 Å². The maximum absolute atomic E-state index is 9.07. The second-order valence-corrected chi connectivity index (χ2v) is 4.22. The number of anilines is 1.